The van der Waals surface area contributed by atoms with E-state index in [1.807, 2.05) is 59.1 Å². The molecule has 148 valence electrons. The number of aromatic nitrogens is 3. The molecule has 30 heavy (non-hydrogen) atoms. The molecule has 3 heterocycles. The van der Waals surface area contributed by atoms with Gasteiger partial charge in [0, 0.05) is 29.0 Å². The Kier molecular flexibility index (Phi) is 4.17. The Balaban J connectivity index is 1.71. The number of hydrogen-bond acceptors (Lipinski definition) is 3. The van der Waals surface area contributed by atoms with Gasteiger partial charge in [0.25, 0.3) is 0 Å². The SMILES string of the molecule is FC(F)(F)c1cccc(Nc2c(-c3cccc4cccnc34)nc3ccccn23)c1. The highest BCUT2D eigenvalue weighted by Crippen LogP contribution is 2.36. The molecule has 0 aliphatic carbocycles. The molecule has 0 aliphatic heterocycles. The van der Waals surface area contributed by atoms with Crippen molar-refractivity contribution in [1.82, 2.24) is 14.4 Å². The van der Waals surface area contributed by atoms with Crippen molar-refractivity contribution in [1.29, 1.82) is 0 Å². The third-order valence-corrected chi connectivity index (χ3v) is 4.87. The van der Waals surface area contributed by atoms with Crippen LogP contribution in [0.5, 0.6) is 0 Å². The predicted molar refractivity (Wildman–Crippen MR) is 111 cm³/mol. The van der Waals surface area contributed by atoms with Crippen molar-refractivity contribution in [3.8, 4) is 11.3 Å². The zero-order valence-electron chi connectivity index (χ0n) is 15.6. The smallest absolute Gasteiger partial charge is 0.339 e. The van der Waals surface area contributed by atoms with E-state index in [9.17, 15) is 13.2 Å². The Morgan fingerprint density at radius 2 is 1.70 bits per heavy atom. The van der Waals surface area contributed by atoms with E-state index in [4.69, 9.17) is 4.98 Å². The predicted octanol–water partition coefficient (Wildman–Crippen LogP) is 6.31. The largest absolute Gasteiger partial charge is 0.416 e. The number of nitrogens with one attached hydrogen (secondary N) is 1. The maximum atomic E-state index is 13.2. The van der Waals surface area contributed by atoms with E-state index in [-0.39, 0.29) is 0 Å². The fourth-order valence-corrected chi connectivity index (χ4v) is 3.51. The maximum Gasteiger partial charge on any atom is 0.416 e. The quantitative estimate of drug-likeness (QED) is 0.383. The first-order valence-electron chi connectivity index (χ1n) is 9.26. The second-order valence-corrected chi connectivity index (χ2v) is 6.82. The van der Waals surface area contributed by atoms with Crippen molar-refractivity contribution in [3.05, 3.63) is 90.8 Å². The van der Waals surface area contributed by atoms with Crippen LogP contribution in [-0.2, 0) is 6.18 Å². The van der Waals surface area contributed by atoms with Crippen LogP contribution in [0.3, 0.4) is 0 Å². The first kappa shape index (κ1) is 18.2. The summed E-state index contributed by atoms with van der Waals surface area (Å²) < 4.78 is 41.3. The van der Waals surface area contributed by atoms with Gasteiger partial charge >= 0.3 is 6.18 Å². The van der Waals surface area contributed by atoms with Gasteiger partial charge in [-0.25, -0.2) is 4.98 Å². The molecule has 0 bridgehead atoms. The molecule has 5 rings (SSSR count). The van der Waals surface area contributed by atoms with Gasteiger partial charge in [0.05, 0.1) is 11.1 Å². The highest BCUT2D eigenvalue weighted by molar-refractivity contribution is 5.96. The van der Waals surface area contributed by atoms with Crippen LogP contribution in [0, 0.1) is 0 Å². The van der Waals surface area contributed by atoms with E-state index < -0.39 is 11.7 Å². The fourth-order valence-electron chi connectivity index (χ4n) is 3.51. The lowest BCUT2D eigenvalue weighted by Crippen LogP contribution is -2.05. The summed E-state index contributed by atoms with van der Waals surface area (Å²) in [5.74, 6) is 0.572. The zero-order valence-corrected chi connectivity index (χ0v) is 15.6. The van der Waals surface area contributed by atoms with E-state index in [0.29, 0.717) is 22.8 Å². The second kappa shape index (κ2) is 6.88. The van der Waals surface area contributed by atoms with E-state index in [1.54, 1.807) is 12.3 Å². The fraction of sp³-hybridized carbons (Fsp3) is 0.0435. The van der Waals surface area contributed by atoms with Gasteiger partial charge in [0.2, 0.25) is 0 Å². The van der Waals surface area contributed by atoms with Gasteiger partial charge in [0.1, 0.15) is 17.2 Å². The molecular weight excluding hydrogens is 389 g/mol. The number of nitrogens with zero attached hydrogens (tertiary/aromatic N) is 3. The third-order valence-electron chi connectivity index (χ3n) is 4.87. The van der Waals surface area contributed by atoms with Crippen LogP contribution in [0.2, 0.25) is 0 Å². The molecule has 0 unspecified atom stereocenters. The first-order valence-corrected chi connectivity index (χ1v) is 9.26. The maximum absolute atomic E-state index is 13.2. The highest BCUT2D eigenvalue weighted by Gasteiger charge is 2.30. The molecule has 3 aromatic heterocycles. The lowest BCUT2D eigenvalue weighted by Gasteiger charge is -2.12. The van der Waals surface area contributed by atoms with E-state index in [1.165, 1.54) is 6.07 Å². The average Bonchev–Trinajstić information content (AvgIpc) is 3.11. The number of pyridine rings is 2. The number of benzene rings is 2. The van der Waals surface area contributed by atoms with Crippen LogP contribution in [0.25, 0.3) is 27.8 Å². The monoisotopic (exact) mass is 404 g/mol. The molecule has 0 amide bonds. The summed E-state index contributed by atoms with van der Waals surface area (Å²) in [6.07, 6.45) is -0.887. The summed E-state index contributed by atoms with van der Waals surface area (Å²) in [4.78, 5) is 9.24. The van der Waals surface area contributed by atoms with Crippen LogP contribution in [0.1, 0.15) is 5.56 Å². The van der Waals surface area contributed by atoms with Gasteiger partial charge in [-0.3, -0.25) is 9.38 Å². The number of alkyl halides is 3. The lowest BCUT2D eigenvalue weighted by molar-refractivity contribution is -0.137. The van der Waals surface area contributed by atoms with E-state index in [0.717, 1.165) is 28.6 Å². The van der Waals surface area contributed by atoms with Crippen molar-refractivity contribution in [2.24, 2.45) is 0 Å². The molecule has 5 aromatic rings. The van der Waals surface area contributed by atoms with Gasteiger partial charge in [-0.1, -0.05) is 36.4 Å². The molecular formula is C23H15F3N4. The molecule has 0 radical (unpaired) electrons. The minimum absolute atomic E-state index is 0.324. The van der Waals surface area contributed by atoms with Crippen molar-refractivity contribution >= 4 is 28.1 Å². The Hall–Kier alpha value is -3.87. The van der Waals surface area contributed by atoms with Crippen molar-refractivity contribution < 1.29 is 13.2 Å². The summed E-state index contributed by atoms with van der Waals surface area (Å²) in [5.41, 5.74) is 2.47. The van der Waals surface area contributed by atoms with Gasteiger partial charge in [-0.2, -0.15) is 13.2 Å². The normalized spacial score (nSPS) is 11.8. The first-order chi connectivity index (χ1) is 14.5. The minimum Gasteiger partial charge on any atom is -0.339 e. The Morgan fingerprint density at radius 1 is 0.867 bits per heavy atom. The molecule has 2 aromatic carbocycles. The number of anilines is 2. The van der Waals surface area contributed by atoms with Gasteiger partial charge in [0.15, 0.2) is 0 Å². The molecule has 0 spiro atoms. The molecule has 4 nitrogen and oxygen atoms in total. The van der Waals surface area contributed by atoms with Crippen LogP contribution in [-0.4, -0.2) is 14.4 Å². The Labute approximate surface area is 169 Å². The number of hydrogen-bond donors (Lipinski definition) is 1. The van der Waals surface area contributed by atoms with Crippen LogP contribution >= 0.6 is 0 Å². The number of halogens is 3. The number of rotatable bonds is 3. The van der Waals surface area contributed by atoms with Crippen molar-refractivity contribution in [2.45, 2.75) is 6.18 Å². The zero-order chi connectivity index (χ0) is 20.7. The van der Waals surface area contributed by atoms with Crippen LogP contribution in [0.15, 0.2) is 85.2 Å². The molecule has 0 atom stereocenters. The van der Waals surface area contributed by atoms with E-state index >= 15 is 0 Å². The second-order valence-electron chi connectivity index (χ2n) is 6.82. The molecule has 7 heteroatoms. The van der Waals surface area contributed by atoms with Crippen molar-refractivity contribution in [3.63, 3.8) is 0 Å². The molecule has 0 fully saturated rings. The molecule has 0 aliphatic rings. The van der Waals surface area contributed by atoms with Crippen molar-refractivity contribution in [2.75, 3.05) is 5.32 Å². The summed E-state index contributed by atoms with van der Waals surface area (Å²) in [5, 5.41) is 4.10. The molecule has 0 saturated carbocycles. The van der Waals surface area contributed by atoms with Gasteiger partial charge in [-0.15, -0.1) is 0 Å². The lowest BCUT2D eigenvalue weighted by atomic mass is 10.1. The summed E-state index contributed by atoms with van der Waals surface area (Å²) >= 11 is 0. The van der Waals surface area contributed by atoms with E-state index in [2.05, 4.69) is 10.3 Å². The number of imidazole rings is 1. The minimum atomic E-state index is -4.42. The molecule has 0 saturated heterocycles. The summed E-state index contributed by atoms with van der Waals surface area (Å²) in [7, 11) is 0. The van der Waals surface area contributed by atoms with Gasteiger partial charge in [-0.05, 0) is 36.4 Å². The third kappa shape index (κ3) is 3.14. The number of para-hydroxylation sites is 1. The van der Waals surface area contributed by atoms with Crippen LogP contribution in [0.4, 0.5) is 24.7 Å². The highest BCUT2D eigenvalue weighted by atomic mass is 19.4. The number of fused-ring (bicyclic) bond motifs is 2. The average molecular weight is 404 g/mol. The Bertz CT molecular complexity index is 1370. The topological polar surface area (TPSA) is 42.2 Å². The molecule has 1 N–H and O–H groups in total. The summed E-state index contributed by atoms with van der Waals surface area (Å²) in [6.45, 7) is 0. The van der Waals surface area contributed by atoms with Gasteiger partial charge < -0.3 is 5.32 Å². The standard InChI is InChI=1S/C23H15F3N4/c24-23(25,26)16-8-4-9-17(14-16)28-22-21(29-19-11-1-2-13-30(19)22)18-10-3-6-15-7-5-12-27-20(15)18/h1-14,28H. The summed E-state index contributed by atoms with van der Waals surface area (Å²) in [6, 6.07) is 20.3. The Morgan fingerprint density at radius 3 is 2.57 bits per heavy atom. The van der Waals surface area contributed by atoms with Crippen LogP contribution < -0.4 is 5.32 Å².